The highest BCUT2D eigenvalue weighted by molar-refractivity contribution is 7.80. The van der Waals surface area contributed by atoms with Crippen LogP contribution in [0.15, 0.2) is 42.0 Å². The fourth-order valence-electron chi connectivity index (χ4n) is 2.72. The number of ether oxygens (including phenoxy) is 2. The number of carbonyl (C=O) groups excluding carboxylic acids is 3. The number of hydrogen-bond donors (Lipinski definition) is 1. The fraction of sp³-hybridized carbons (Fsp3) is 0.100. The Hall–Kier alpha value is -2.94. The average molecular weight is 465 g/mol. The lowest BCUT2D eigenvalue weighted by Crippen LogP contribution is -2.54. The number of carbonyl (C=O) groups is 3. The van der Waals surface area contributed by atoms with E-state index in [9.17, 15) is 14.4 Å². The second kappa shape index (κ2) is 8.83. The second-order valence-corrected chi connectivity index (χ2v) is 7.21. The van der Waals surface area contributed by atoms with Crippen LogP contribution in [0.25, 0.3) is 6.08 Å². The van der Waals surface area contributed by atoms with E-state index >= 15 is 0 Å². The zero-order chi connectivity index (χ0) is 22.0. The topological polar surface area (TPSA) is 84.9 Å². The minimum absolute atomic E-state index is 0.117. The van der Waals surface area contributed by atoms with Gasteiger partial charge in [-0.05, 0) is 48.1 Å². The SMILES string of the molecule is COc1cc(/C=C2\C(=O)NC(=S)N(c3cccc(Cl)c3Cl)C2=O)ccc1OC(C)=O. The molecule has 2 aromatic rings. The van der Waals surface area contributed by atoms with E-state index < -0.39 is 17.8 Å². The molecule has 154 valence electrons. The summed E-state index contributed by atoms with van der Waals surface area (Å²) in [4.78, 5) is 37.8. The molecule has 1 heterocycles. The molecule has 1 aliphatic heterocycles. The smallest absolute Gasteiger partial charge is 0.308 e. The summed E-state index contributed by atoms with van der Waals surface area (Å²) in [5, 5.41) is 2.71. The molecule has 7 nitrogen and oxygen atoms in total. The van der Waals surface area contributed by atoms with Crippen molar-refractivity contribution < 1.29 is 23.9 Å². The van der Waals surface area contributed by atoms with Crippen molar-refractivity contribution in [1.29, 1.82) is 0 Å². The highest BCUT2D eigenvalue weighted by Crippen LogP contribution is 2.35. The average Bonchev–Trinajstić information content (AvgIpc) is 2.68. The molecule has 0 saturated carbocycles. The van der Waals surface area contributed by atoms with Gasteiger partial charge in [0.05, 0.1) is 22.8 Å². The number of methoxy groups -OCH3 is 1. The van der Waals surface area contributed by atoms with Crippen molar-refractivity contribution >= 4 is 70.1 Å². The molecule has 1 N–H and O–H groups in total. The third-order valence-corrected chi connectivity index (χ3v) is 5.12. The van der Waals surface area contributed by atoms with E-state index in [-0.39, 0.29) is 37.9 Å². The highest BCUT2D eigenvalue weighted by Gasteiger charge is 2.35. The van der Waals surface area contributed by atoms with E-state index in [1.54, 1.807) is 24.3 Å². The van der Waals surface area contributed by atoms with Crippen LogP contribution in [0.2, 0.25) is 10.0 Å². The van der Waals surface area contributed by atoms with Gasteiger partial charge in [-0.3, -0.25) is 24.6 Å². The molecule has 1 saturated heterocycles. The number of amides is 2. The summed E-state index contributed by atoms with van der Waals surface area (Å²) in [7, 11) is 1.40. The Bertz CT molecular complexity index is 1120. The molecule has 30 heavy (non-hydrogen) atoms. The van der Waals surface area contributed by atoms with E-state index in [2.05, 4.69) is 5.32 Å². The van der Waals surface area contributed by atoms with Gasteiger partial charge in [0.25, 0.3) is 11.8 Å². The summed E-state index contributed by atoms with van der Waals surface area (Å²) in [5.41, 5.74) is 0.529. The quantitative estimate of drug-likeness (QED) is 0.243. The van der Waals surface area contributed by atoms with Crippen LogP contribution < -0.4 is 19.7 Å². The number of anilines is 1. The Balaban J connectivity index is 2.02. The van der Waals surface area contributed by atoms with Gasteiger partial charge in [0.1, 0.15) is 5.57 Å². The van der Waals surface area contributed by atoms with Crippen molar-refractivity contribution in [2.24, 2.45) is 0 Å². The predicted octanol–water partition coefficient (Wildman–Crippen LogP) is 3.76. The molecule has 0 atom stereocenters. The number of esters is 1. The van der Waals surface area contributed by atoms with Crippen molar-refractivity contribution in [2.45, 2.75) is 6.92 Å². The van der Waals surface area contributed by atoms with Gasteiger partial charge in [0.2, 0.25) is 0 Å². The summed E-state index contributed by atoms with van der Waals surface area (Å²) in [5.74, 6) is -1.38. The third-order valence-electron chi connectivity index (χ3n) is 4.03. The molecule has 0 aromatic heterocycles. The summed E-state index contributed by atoms with van der Waals surface area (Å²) < 4.78 is 10.3. The highest BCUT2D eigenvalue weighted by atomic mass is 35.5. The largest absolute Gasteiger partial charge is 0.493 e. The van der Waals surface area contributed by atoms with Gasteiger partial charge < -0.3 is 9.47 Å². The molecule has 0 bridgehead atoms. The standard InChI is InChI=1S/C20H14Cl2N2O5S/c1-10(25)29-15-7-6-11(9-16(15)28-2)8-12-18(26)23-20(30)24(19(12)27)14-5-3-4-13(21)17(14)22/h3-9H,1-2H3,(H,23,26,30)/b12-8+. The first-order valence-electron chi connectivity index (χ1n) is 8.45. The van der Waals surface area contributed by atoms with Gasteiger partial charge in [-0.15, -0.1) is 0 Å². The molecule has 2 amide bonds. The molecule has 2 aromatic carbocycles. The first-order valence-corrected chi connectivity index (χ1v) is 9.61. The van der Waals surface area contributed by atoms with Gasteiger partial charge in [-0.1, -0.05) is 35.3 Å². The fourth-order valence-corrected chi connectivity index (χ4v) is 3.38. The van der Waals surface area contributed by atoms with Crippen LogP contribution in [0.1, 0.15) is 12.5 Å². The van der Waals surface area contributed by atoms with E-state index in [0.717, 1.165) is 4.90 Å². The molecule has 1 fully saturated rings. The molecular weight excluding hydrogens is 451 g/mol. The van der Waals surface area contributed by atoms with Crippen LogP contribution >= 0.6 is 35.4 Å². The Morgan fingerprint density at radius 2 is 1.90 bits per heavy atom. The van der Waals surface area contributed by atoms with Crippen molar-refractivity contribution in [2.75, 3.05) is 12.0 Å². The van der Waals surface area contributed by atoms with Gasteiger partial charge in [-0.25, -0.2) is 0 Å². The minimum atomic E-state index is -0.670. The minimum Gasteiger partial charge on any atom is -0.493 e. The zero-order valence-corrected chi connectivity index (χ0v) is 18.0. The number of nitrogens with zero attached hydrogens (tertiary/aromatic N) is 1. The number of hydrogen-bond acceptors (Lipinski definition) is 6. The Labute approximate surface area is 187 Å². The Kier molecular flexibility index (Phi) is 6.40. The summed E-state index contributed by atoms with van der Waals surface area (Å²) in [6, 6.07) is 9.32. The second-order valence-electron chi connectivity index (χ2n) is 6.03. The van der Waals surface area contributed by atoms with Crippen LogP contribution in [0.3, 0.4) is 0 Å². The van der Waals surface area contributed by atoms with Gasteiger partial charge in [0.15, 0.2) is 16.6 Å². The number of rotatable bonds is 4. The van der Waals surface area contributed by atoms with Crippen LogP contribution in [0, 0.1) is 0 Å². The lowest BCUT2D eigenvalue weighted by atomic mass is 10.1. The molecule has 1 aliphatic rings. The van der Waals surface area contributed by atoms with Gasteiger partial charge in [0, 0.05) is 6.92 Å². The summed E-state index contributed by atoms with van der Waals surface area (Å²) >= 11 is 17.4. The molecule has 0 spiro atoms. The van der Waals surface area contributed by atoms with Crippen LogP contribution in [0.5, 0.6) is 11.5 Å². The molecule has 3 rings (SSSR count). The van der Waals surface area contributed by atoms with Gasteiger partial charge in [-0.2, -0.15) is 0 Å². The summed E-state index contributed by atoms with van der Waals surface area (Å²) in [6.07, 6.45) is 1.37. The Morgan fingerprint density at radius 1 is 1.17 bits per heavy atom. The molecule has 0 aliphatic carbocycles. The van der Waals surface area contributed by atoms with Crippen molar-refractivity contribution in [3.8, 4) is 11.5 Å². The first-order chi connectivity index (χ1) is 14.2. The predicted molar refractivity (Wildman–Crippen MR) is 117 cm³/mol. The zero-order valence-electron chi connectivity index (χ0n) is 15.7. The molecular formula is C20H14Cl2N2O5S. The lowest BCUT2D eigenvalue weighted by Gasteiger charge is -2.29. The number of benzene rings is 2. The maximum absolute atomic E-state index is 13.1. The number of nitrogens with one attached hydrogen (secondary N) is 1. The maximum Gasteiger partial charge on any atom is 0.308 e. The van der Waals surface area contributed by atoms with E-state index in [1.165, 1.54) is 32.2 Å². The number of thiocarbonyl (C=S) groups is 1. The van der Waals surface area contributed by atoms with E-state index in [4.69, 9.17) is 44.9 Å². The van der Waals surface area contributed by atoms with Crippen LogP contribution in [-0.4, -0.2) is 30.0 Å². The monoisotopic (exact) mass is 464 g/mol. The first kappa shape index (κ1) is 21.8. The molecule has 0 unspecified atom stereocenters. The number of halogens is 2. The van der Waals surface area contributed by atoms with Crippen molar-refractivity contribution in [3.63, 3.8) is 0 Å². The van der Waals surface area contributed by atoms with Gasteiger partial charge >= 0.3 is 5.97 Å². The third kappa shape index (κ3) is 4.30. The van der Waals surface area contributed by atoms with E-state index in [1.807, 2.05) is 0 Å². The maximum atomic E-state index is 13.1. The van der Waals surface area contributed by atoms with E-state index in [0.29, 0.717) is 5.56 Å². The van der Waals surface area contributed by atoms with Crippen LogP contribution in [0.4, 0.5) is 5.69 Å². The summed E-state index contributed by atoms with van der Waals surface area (Å²) in [6.45, 7) is 1.26. The Morgan fingerprint density at radius 3 is 2.57 bits per heavy atom. The van der Waals surface area contributed by atoms with Crippen molar-refractivity contribution in [1.82, 2.24) is 5.32 Å². The van der Waals surface area contributed by atoms with Crippen LogP contribution in [-0.2, 0) is 14.4 Å². The molecule has 10 heteroatoms. The molecule has 0 radical (unpaired) electrons. The normalized spacial score (nSPS) is 15.3. The van der Waals surface area contributed by atoms with Crippen molar-refractivity contribution in [3.05, 3.63) is 57.6 Å². The lowest BCUT2D eigenvalue weighted by molar-refractivity contribution is -0.132.